The molecule has 2 nitrogen and oxygen atoms in total. The van der Waals surface area contributed by atoms with Crippen LogP contribution >= 0.6 is 0 Å². The first kappa shape index (κ1) is 8.76. The molecule has 12 heavy (non-hydrogen) atoms. The molecule has 1 aromatic carbocycles. The molecule has 0 aliphatic heterocycles. The molecule has 0 radical (unpaired) electrons. The lowest BCUT2D eigenvalue weighted by molar-refractivity contribution is 0.273. The Kier molecular flexibility index (Phi) is 2.84. The van der Waals surface area contributed by atoms with E-state index in [1.807, 2.05) is 25.1 Å². The van der Waals surface area contributed by atoms with Crippen LogP contribution in [-0.2, 0) is 0 Å². The van der Waals surface area contributed by atoms with Gasteiger partial charge in [0.05, 0.1) is 11.6 Å². The van der Waals surface area contributed by atoms with E-state index in [0.29, 0.717) is 5.56 Å². The minimum atomic E-state index is 0.145. The summed E-state index contributed by atoms with van der Waals surface area (Å²) in [6.07, 6.45) is 0. The van der Waals surface area contributed by atoms with Gasteiger partial charge in [-0.2, -0.15) is 5.26 Å². The molecule has 1 atom stereocenters. The molecule has 0 aromatic heterocycles. The van der Waals surface area contributed by atoms with Crippen LogP contribution in [0.2, 0.25) is 0 Å². The SMILES string of the molecule is CC(CO)c1ccc(C#N)cc1. The maximum absolute atomic E-state index is 8.85. The van der Waals surface area contributed by atoms with Crippen LogP contribution in [0.4, 0.5) is 0 Å². The highest BCUT2D eigenvalue weighted by Crippen LogP contribution is 2.14. The van der Waals surface area contributed by atoms with Crippen molar-refractivity contribution in [3.05, 3.63) is 35.4 Å². The highest BCUT2D eigenvalue weighted by atomic mass is 16.3. The number of rotatable bonds is 2. The molecule has 0 spiro atoms. The van der Waals surface area contributed by atoms with Gasteiger partial charge in [-0.15, -0.1) is 0 Å². The fourth-order valence-corrected chi connectivity index (χ4v) is 0.992. The molecular weight excluding hydrogens is 150 g/mol. The van der Waals surface area contributed by atoms with Gasteiger partial charge in [-0.25, -0.2) is 0 Å². The van der Waals surface area contributed by atoms with E-state index >= 15 is 0 Å². The predicted molar refractivity (Wildman–Crippen MR) is 46.7 cm³/mol. The Hall–Kier alpha value is -1.33. The molecule has 0 bridgehead atoms. The highest BCUT2D eigenvalue weighted by molar-refractivity contribution is 5.32. The maximum Gasteiger partial charge on any atom is 0.0991 e. The molecule has 0 aliphatic rings. The van der Waals surface area contributed by atoms with Gasteiger partial charge in [-0.3, -0.25) is 0 Å². The molecule has 1 unspecified atom stereocenters. The van der Waals surface area contributed by atoms with Crippen molar-refractivity contribution in [3.63, 3.8) is 0 Å². The van der Waals surface area contributed by atoms with Crippen molar-refractivity contribution in [1.29, 1.82) is 5.26 Å². The summed E-state index contributed by atoms with van der Waals surface area (Å²) in [7, 11) is 0. The molecule has 1 N–H and O–H groups in total. The summed E-state index contributed by atoms with van der Waals surface area (Å²) in [6.45, 7) is 2.09. The van der Waals surface area contributed by atoms with Crippen molar-refractivity contribution in [2.45, 2.75) is 12.8 Å². The van der Waals surface area contributed by atoms with Gasteiger partial charge < -0.3 is 5.11 Å². The Morgan fingerprint density at radius 3 is 2.42 bits per heavy atom. The Labute approximate surface area is 72.1 Å². The first-order valence-corrected chi connectivity index (χ1v) is 3.89. The second-order valence-corrected chi connectivity index (χ2v) is 2.82. The zero-order valence-electron chi connectivity index (χ0n) is 6.99. The molecule has 2 heteroatoms. The number of aliphatic hydroxyl groups excluding tert-OH is 1. The average Bonchev–Trinajstić information content (AvgIpc) is 2.17. The quantitative estimate of drug-likeness (QED) is 0.716. The van der Waals surface area contributed by atoms with Crippen molar-refractivity contribution in [3.8, 4) is 6.07 Å². The van der Waals surface area contributed by atoms with Gasteiger partial charge in [0.15, 0.2) is 0 Å². The van der Waals surface area contributed by atoms with Gasteiger partial charge in [-0.1, -0.05) is 19.1 Å². The summed E-state index contributed by atoms with van der Waals surface area (Å²) in [4.78, 5) is 0. The minimum Gasteiger partial charge on any atom is -0.396 e. The van der Waals surface area contributed by atoms with E-state index in [1.54, 1.807) is 12.1 Å². The molecule has 0 amide bonds. The molecule has 0 saturated heterocycles. The van der Waals surface area contributed by atoms with Gasteiger partial charge in [0.25, 0.3) is 0 Å². The van der Waals surface area contributed by atoms with Crippen LogP contribution in [0.25, 0.3) is 0 Å². The van der Waals surface area contributed by atoms with E-state index in [1.165, 1.54) is 0 Å². The molecule has 0 fully saturated rings. The topological polar surface area (TPSA) is 44.0 Å². The standard InChI is InChI=1S/C10H11NO/c1-8(7-12)10-4-2-9(6-11)3-5-10/h2-5,8,12H,7H2,1H3. The molecular formula is C10H11NO. The number of benzene rings is 1. The van der Waals surface area contributed by atoms with Gasteiger partial charge in [0.1, 0.15) is 0 Å². The lowest BCUT2D eigenvalue weighted by Crippen LogP contribution is -1.98. The van der Waals surface area contributed by atoms with Crippen LogP contribution in [0.3, 0.4) is 0 Å². The highest BCUT2D eigenvalue weighted by Gasteiger charge is 2.02. The molecule has 62 valence electrons. The van der Waals surface area contributed by atoms with Crippen molar-refractivity contribution in [1.82, 2.24) is 0 Å². The molecule has 1 aromatic rings. The molecule has 0 saturated carbocycles. The van der Waals surface area contributed by atoms with E-state index in [0.717, 1.165) is 5.56 Å². The zero-order valence-corrected chi connectivity index (χ0v) is 6.99. The van der Waals surface area contributed by atoms with Crippen LogP contribution in [0.5, 0.6) is 0 Å². The lowest BCUT2D eigenvalue weighted by atomic mass is 10.0. The Bertz CT molecular complexity index is 284. The number of hydrogen-bond acceptors (Lipinski definition) is 2. The summed E-state index contributed by atoms with van der Waals surface area (Å²) >= 11 is 0. The number of hydrogen-bond donors (Lipinski definition) is 1. The first-order valence-electron chi connectivity index (χ1n) is 3.89. The Morgan fingerprint density at radius 2 is 2.00 bits per heavy atom. The summed E-state index contributed by atoms with van der Waals surface area (Å²) < 4.78 is 0. The van der Waals surface area contributed by atoms with Crippen LogP contribution < -0.4 is 0 Å². The first-order chi connectivity index (χ1) is 5.77. The summed E-state index contributed by atoms with van der Waals surface area (Å²) in [5.74, 6) is 0.151. The number of nitrogens with zero attached hydrogens (tertiary/aromatic N) is 1. The third kappa shape index (κ3) is 1.84. The van der Waals surface area contributed by atoms with Crippen LogP contribution in [0, 0.1) is 11.3 Å². The largest absolute Gasteiger partial charge is 0.396 e. The van der Waals surface area contributed by atoms with Gasteiger partial charge in [0, 0.05) is 12.5 Å². The third-order valence-electron chi connectivity index (χ3n) is 1.88. The van der Waals surface area contributed by atoms with Crippen molar-refractivity contribution in [2.75, 3.05) is 6.61 Å². The van der Waals surface area contributed by atoms with Gasteiger partial charge >= 0.3 is 0 Å². The van der Waals surface area contributed by atoms with Crippen LogP contribution in [-0.4, -0.2) is 11.7 Å². The summed E-state index contributed by atoms with van der Waals surface area (Å²) in [5, 5.41) is 17.4. The van der Waals surface area contributed by atoms with E-state index in [-0.39, 0.29) is 12.5 Å². The Morgan fingerprint density at radius 1 is 1.42 bits per heavy atom. The smallest absolute Gasteiger partial charge is 0.0991 e. The normalized spacial score (nSPS) is 12.1. The monoisotopic (exact) mass is 161 g/mol. The van der Waals surface area contributed by atoms with Crippen molar-refractivity contribution in [2.24, 2.45) is 0 Å². The van der Waals surface area contributed by atoms with Crippen LogP contribution in [0.1, 0.15) is 24.0 Å². The van der Waals surface area contributed by atoms with Gasteiger partial charge in [-0.05, 0) is 17.7 Å². The molecule has 0 heterocycles. The molecule has 0 aliphatic carbocycles. The average molecular weight is 161 g/mol. The second-order valence-electron chi connectivity index (χ2n) is 2.82. The van der Waals surface area contributed by atoms with Crippen molar-refractivity contribution < 1.29 is 5.11 Å². The maximum atomic E-state index is 8.85. The van der Waals surface area contributed by atoms with Crippen LogP contribution in [0.15, 0.2) is 24.3 Å². The van der Waals surface area contributed by atoms with E-state index in [4.69, 9.17) is 10.4 Å². The van der Waals surface area contributed by atoms with Crippen molar-refractivity contribution >= 4 is 0 Å². The van der Waals surface area contributed by atoms with E-state index in [9.17, 15) is 0 Å². The van der Waals surface area contributed by atoms with Gasteiger partial charge in [0.2, 0.25) is 0 Å². The fourth-order valence-electron chi connectivity index (χ4n) is 0.992. The zero-order chi connectivity index (χ0) is 8.97. The number of nitriles is 1. The summed E-state index contributed by atoms with van der Waals surface area (Å²) in [6, 6.07) is 9.33. The summed E-state index contributed by atoms with van der Waals surface area (Å²) in [5.41, 5.74) is 1.72. The second kappa shape index (κ2) is 3.89. The fraction of sp³-hybridized carbons (Fsp3) is 0.300. The number of aliphatic hydroxyl groups is 1. The van der Waals surface area contributed by atoms with E-state index < -0.39 is 0 Å². The predicted octanol–water partition coefficient (Wildman–Crippen LogP) is 1.65. The lowest BCUT2D eigenvalue weighted by Gasteiger charge is -2.06. The van der Waals surface area contributed by atoms with E-state index in [2.05, 4.69) is 0 Å². The molecule has 1 rings (SSSR count). The minimum absolute atomic E-state index is 0.145. The Balaban J connectivity index is 2.86. The third-order valence-corrected chi connectivity index (χ3v) is 1.88.